The minimum atomic E-state index is -1.35. The van der Waals surface area contributed by atoms with Crippen LogP contribution >= 0.6 is 12.2 Å². The second kappa shape index (κ2) is 12.8. The molecule has 4 atom stereocenters. The Hall–Kier alpha value is -4.87. The molecule has 1 aliphatic heterocycles. The molecule has 1 saturated heterocycles. The van der Waals surface area contributed by atoms with Gasteiger partial charge in [0.1, 0.15) is 12.7 Å². The first-order valence-corrected chi connectivity index (χ1v) is 13.4. The molecular formula is C31H26N2O8S. The normalized spacial score (nSPS) is 19.5. The van der Waals surface area contributed by atoms with Gasteiger partial charge in [-0.15, -0.1) is 0 Å². The van der Waals surface area contributed by atoms with Crippen molar-refractivity contribution in [3.05, 3.63) is 135 Å². The van der Waals surface area contributed by atoms with Gasteiger partial charge in [0.05, 0.1) is 16.7 Å². The van der Waals surface area contributed by atoms with Crippen LogP contribution in [0.25, 0.3) is 0 Å². The molecule has 0 aliphatic carbocycles. The number of benzene rings is 3. The Kier molecular flexibility index (Phi) is 8.70. The molecule has 1 fully saturated rings. The molecule has 1 aromatic heterocycles. The van der Waals surface area contributed by atoms with Crippen molar-refractivity contribution in [3.8, 4) is 0 Å². The van der Waals surface area contributed by atoms with Crippen LogP contribution < -0.4 is 5.56 Å². The maximum absolute atomic E-state index is 13.2. The average Bonchev–Trinajstić information content (AvgIpc) is 3.32. The quantitative estimate of drug-likeness (QED) is 0.181. The van der Waals surface area contributed by atoms with Crippen LogP contribution in [0.4, 0.5) is 0 Å². The Morgan fingerprint density at radius 1 is 0.786 bits per heavy atom. The zero-order valence-corrected chi connectivity index (χ0v) is 23.2. The van der Waals surface area contributed by atoms with Crippen LogP contribution in [0.15, 0.2) is 102 Å². The summed E-state index contributed by atoms with van der Waals surface area (Å²) < 4.78 is 24.5. The summed E-state index contributed by atoms with van der Waals surface area (Å²) in [6.07, 6.45) is -5.09. The average molecular weight is 587 g/mol. The van der Waals surface area contributed by atoms with Crippen molar-refractivity contribution in [1.82, 2.24) is 9.55 Å². The molecule has 0 unspecified atom stereocenters. The molecule has 0 radical (unpaired) electrons. The zero-order valence-electron chi connectivity index (χ0n) is 22.4. The molecule has 42 heavy (non-hydrogen) atoms. The van der Waals surface area contributed by atoms with Gasteiger partial charge in [0.15, 0.2) is 23.2 Å². The molecule has 1 N–H and O–H groups in total. The zero-order chi connectivity index (χ0) is 29.6. The molecule has 214 valence electrons. The van der Waals surface area contributed by atoms with Gasteiger partial charge in [0.25, 0.3) is 5.56 Å². The summed E-state index contributed by atoms with van der Waals surface area (Å²) in [7, 11) is 0. The number of hydrogen-bond acceptors (Lipinski definition) is 9. The number of nitrogens with zero attached hydrogens (tertiary/aromatic N) is 1. The number of aromatic amines is 1. The maximum Gasteiger partial charge on any atom is 0.338 e. The molecule has 5 rings (SSSR count). The van der Waals surface area contributed by atoms with Crippen LogP contribution in [0.1, 0.15) is 43.0 Å². The fraction of sp³-hybridized carbons (Fsp3) is 0.194. The maximum atomic E-state index is 13.2. The molecule has 4 aromatic rings. The molecular weight excluding hydrogens is 560 g/mol. The van der Waals surface area contributed by atoms with Crippen molar-refractivity contribution in [2.24, 2.45) is 0 Å². The Balaban J connectivity index is 1.52. The lowest BCUT2D eigenvalue weighted by Gasteiger charge is -2.25. The first-order valence-electron chi connectivity index (χ1n) is 13.0. The van der Waals surface area contributed by atoms with Crippen molar-refractivity contribution in [2.75, 3.05) is 6.61 Å². The van der Waals surface area contributed by atoms with Gasteiger partial charge in [-0.2, -0.15) is 0 Å². The SMILES string of the molecule is Cc1cc(=O)n([C@H]2O[C@H](COC(=O)c3ccccc3)[C@@H](OC(=O)c3ccccc3)[C@@H]2OC(=O)c2ccccc2)c(=S)[nH]1. The predicted octanol–water partition coefficient (Wildman–Crippen LogP) is 4.42. The second-order valence-corrected chi connectivity index (χ2v) is 9.85. The summed E-state index contributed by atoms with van der Waals surface area (Å²) in [6, 6.07) is 26.0. The van der Waals surface area contributed by atoms with E-state index in [1.165, 1.54) is 6.07 Å². The molecule has 3 aromatic carbocycles. The number of ether oxygens (including phenoxy) is 4. The highest BCUT2D eigenvalue weighted by Gasteiger charge is 2.52. The third kappa shape index (κ3) is 6.37. The number of hydrogen-bond donors (Lipinski definition) is 1. The summed E-state index contributed by atoms with van der Waals surface area (Å²) in [6.45, 7) is 1.29. The van der Waals surface area contributed by atoms with Gasteiger partial charge in [-0.25, -0.2) is 14.4 Å². The van der Waals surface area contributed by atoms with Crippen molar-refractivity contribution in [1.29, 1.82) is 0 Å². The molecule has 0 spiro atoms. The summed E-state index contributed by atoms with van der Waals surface area (Å²) in [5, 5.41) is 0. The lowest BCUT2D eigenvalue weighted by atomic mass is 10.1. The van der Waals surface area contributed by atoms with Crippen molar-refractivity contribution in [3.63, 3.8) is 0 Å². The van der Waals surface area contributed by atoms with Gasteiger partial charge < -0.3 is 23.9 Å². The van der Waals surface area contributed by atoms with Gasteiger partial charge in [-0.05, 0) is 55.5 Å². The van der Waals surface area contributed by atoms with E-state index in [0.717, 1.165) is 4.57 Å². The van der Waals surface area contributed by atoms with E-state index >= 15 is 0 Å². The number of aryl methyl sites for hydroxylation is 1. The predicted molar refractivity (Wildman–Crippen MR) is 153 cm³/mol. The fourth-order valence-corrected chi connectivity index (χ4v) is 4.88. The molecule has 0 amide bonds. The second-order valence-electron chi connectivity index (χ2n) is 9.47. The van der Waals surface area contributed by atoms with E-state index in [1.54, 1.807) is 97.9 Å². The highest BCUT2D eigenvalue weighted by molar-refractivity contribution is 7.71. The minimum Gasteiger partial charge on any atom is -0.459 e. The van der Waals surface area contributed by atoms with Gasteiger partial charge in [0.2, 0.25) is 0 Å². The highest BCUT2D eigenvalue weighted by atomic mass is 32.1. The number of rotatable bonds is 8. The van der Waals surface area contributed by atoms with E-state index in [9.17, 15) is 19.2 Å². The molecule has 0 saturated carbocycles. The van der Waals surface area contributed by atoms with Gasteiger partial charge in [-0.3, -0.25) is 9.36 Å². The Morgan fingerprint density at radius 3 is 1.76 bits per heavy atom. The number of nitrogens with one attached hydrogen (secondary N) is 1. The number of carbonyl (C=O) groups excluding carboxylic acids is 3. The number of carbonyl (C=O) groups is 3. The van der Waals surface area contributed by atoms with E-state index < -0.39 is 48.0 Å². The number of esters is 3. The molecule has 0 bridgehead atoms. The fourth-order valence-electron chi connectivity index (χ4n) is 4.53. The first-order chi connectivity index (χ1) is 20.3. The van der Waals surface area contributed by atoms with Gasteiger partial charge in [0, 0.05) is 11.8 Å². The van der Waals surface area contributed by atoms with E-state index in [-0.39, 0.29) is 22.5 Å². The van der Waals surface area contributed by atoms with Crippen LogP contribution in [-0.4, -0.2) is 52.4 Å². The third-order valence-electron chi connectivity index (χ3n) is 6.53. The highest BCUT2D eigenvalue weighted by Crippen LogP contribution is 2.35. The van der Waals surface area contributed by atoms with Crippen LogP contribution in [0.3, 0.4) is 0 Å². The van der Waals surface area contributed by atoms with E-state index in [1.807, 2.05) is 0 Å². The van der Waals surface area contributed by atoms with Crippen molar-refractivity contribution in [2.45, 2.75) is 31.5 Å². The van der Waals surface area contributed by atoms with Crippen LogP contribution in [-0.2, 0) is 18.9 Å². The summed E-state index contributed by atoms with van der Waals surface area (Å²) in [5.41, 5.74) is 0.743. The first kappa shape index (κ1) is 28.7. The Morgan fingerprint density at radius 2 is 1.26 bits per heavy atom. The topological polar surface area (TPSA) is 126 Å². The number of aromatic nitrogens is 2. The minimum absolute atomic E-state index is 0.000765. The van der Waals surface area contributed by atoms with E-state index in [0.29, 0.717) is 11.3 Å². The lowest BCUT2D eigenvalue weighted by molar-refractivity contribution is -0.0645. The van der Waals surface area contributed by atoms with Crippen molar-refractivity contribution >= 4 is 30.1 Å². The molecule has 10 nitrogen and oxygen atoms in total. The standard InChI is InChI=1S/C31H26N2O8S/c1-19-17-24(34)33(31(42)32-19)27-26(41-30(37)22-15-9-4-10-16-22)25(40-29(36)21-13-7-3-8-14-21)23(39-27)18-38-28(35)20-11-5-2-6-12-20/h2-17,23,25-27H,18H2,1H3,(H,32,42)/t23-,25-,26+,27+/m1/s1. The molecule has 1 aliphatic rings. The largest absolute Gasteiger partial charge is 0.459 e. The third-order valence-corrected chi connectivity index (χ3v) is 6.83. The van der Waals surface area contributed by atoms with Crippen LogP contribution in [0, 0.1) is 11.7 Å². The summed E-state index contributed by atoms with van der Waals surface area (Å²) in [4.78, 5) is 55.2. The Labute approximate surface area is 245 Å². The van der Waals surface area contributed by atoms with E-state index in [4.69, 9.17) is 31.2 Å². The van der Waals surface area contributed by atoms with Crippen LogP contribution in [0.2, 0.25) is 0 Å². The van der Waals surface area contributed by atoms with E-state index in [2.05, 4.69) is 4.98 Å². The summed E-state index contributed by atoms with van der Waals surface area (Å²) >= 11 is 5.43. The van der Waals surface area contributed by atoms with Crippen molar-refractivity contribution < 1.29 is 33.3 Å². The lowest BCUT2D eigenvalue weighted by Crippen LogP contribution is -2.42. The molecule has 11 heteroatoms. The Bertz CT molecular complexity index is 1660. The smallest absolute Gasteiger partial charge is 0.338 e. The van der Waals surface area contributed by atoms with Crippen LogP contribution in [0.5, 0.6) is 0 Å². The van der Waals surface area contributed by atoms with Gasteiger partial charge in [-0.1, -0.05) is 54.6 Å². The molecule has 2 heterocycles. The van der Waals surface area contributed by atoms with Gasteiger partial charge >= 0.3 is 17.9 Å². The number of H-pyrrole nitrogens is 1. The summed E-state index contributed by atoms with van der Waals surface area (Å²) in [5.74, 6) is -2.11. The monoisotopic (exact) mass is 586 g/mol.